The largest absolute Gasteiger partial charge is 0.492 e. The maximum Gasteiger partial charge on any atom is 0.336 e. The number of esters is 2. The van der Waals surface area contributed by atoms with Gasteiger partial charge < -0.3 is 34.7 Å². The predicted molar refractivity (Wildman–Crippen MR) is 191 cm³/mol. The number of allylic oxidation sites excluding steroid dienone is 2. The number of para-hydroxylation sites is 1. The molecule has 3 rings (SSSR count). The lowest BCUT2D eigenvalue weighted by Gasteiger charge is -2.31. The Morgan fingerprint density at radius 3 is 2.02 bits per heavy atom. The Kier molecular flexibility index (Phi) is 17.3. The molecule has 50 heavy (non-hydrogen) atoms. The highest BCUT2D eigenvalue weighted by Crippen LogP contribution is 2.44. The van der Waals surface area contributed by atoms with E-state index < -0.39 is 28.9 Å². The third-order valence-corrected chi connectivity index (χ3v) is 8.28. The molecule has 2 aromatic carbocycles. The Morgan fingerprint density at radius 2 is 1.46 bits per heavy atom. The van der Waals surface area contributed by atoms with E-state index in [2.05, 4.69) is 24.5 Å². The van der Waals surface area contributed by atoms with E-state index in [-0.39, 0.29) is 61.1 Å². The number of carbonyl (C=O) groups excluding carboxylic acids is 2. The van der Waals surface area contributed by atoms with E-state index in [9.17, 15) is 24.8 Å². The Labute approximate surface area is 295 Å². The maximum atomic E-state index is 13.8. The van der Waals surface area contributed by atoms with Crippen LogP contribution in [-0.4, -0.2) is 67.6 Å². The molecule has 2 aromatic rings. The number of dihydropyridines is 1. The van der Waals surface area contributed by atoms with Gasteiger partial charge in [0.15, 0.2) is 0 Å². The minimum Gasteiger partial charge on any atom is -0.492 e. The van der Waals surface area contributed by atoms with Gasteiger partial charge in [-0.25, -0.2) is 9.59 Å². The molecule has 1 aliphatic rings. The van der Waals surface area contributed by atoms with E-state index in [0.29, 0.717) is 36.5 Å². The van der Waals surface area contributed by atoms with E-state index in [0.717, 1.165) is 38.5 Å². The van der Waals surface area contributed by atoms with Gasteiger partial charge in [-0.1, -0.05) is 70.6 Å². The number of rotatable bonds is 23. The van der Waals surface area contributed by atoms with Crippen molar-refractivity contribution in [1.29, 1.82) is 0 Å². The average Bonchev–Trinajstić information content (AvgIpc) is 3.10. The lowest BCUT2D eigenvalue weighted by Crippen LogP contribution is -2.34. The minimum absolute atomic E-state index is 0.104. The highest BCUT2D eigenvalue weighted by molar-refractivity contribution is 6.00. The molecule has 1 unspecified atom stereocenters. The van der Waals surface area contributed by atoms with Crippen molar-refractivity contribution < 1.29 is 38.6 Å². The fourth-order valence-electron chi connectivity index (χ4n) is 5.67. The van der Waals surface area contributed by atoms with E-state index in [1.165, 1.54) is 18.2 Å². The monoisotopic (exact) mass is 695 g/mol. The van der Waals surface area contributed by atoms with Crippen LogP contribution in [0.25, 0.3) is 0 Å². The molecule has 3 N–H and O–H groups in total. The van der Waals surface area contributed by atoms with Crippen LogP contribution in [0.3, 0.4) is 0 Å². The van der Waals surface area contributed by atoms with Gasteiger partial charge in [0.1, 0.15) is 30.8 Å². The van der Waals surface area contributed by atoms with E-state index in [1.54, 1.807) is 13.8 Å². The first-order valence-corrected chi connectivity index (χ1v) is 17.7. The number of aliphatic hydroxyl groups is 1. The lowest BCUT2D eigenvalue weighted by molar-refractivity contribution is -0.384. The molecule has 1 aliphatic heterocycles. The minimum atomic E-state index is -1.05. The van der Waals surface area contributed by atoms with Gasteiger partial charge in [-0.2, -0.15) is 0 Å². The van der Waals surface area contributed by atoms with Crippen LogP contribution >= 0.6 is 0 Å². The fourth-order valence-corrected chi connectivity index (χ4v) is 5.67. The first-order chi connectivity index (χ1) is 24.2. The molecule has 12 heteroatoms. The van der Waals surface area contributed by atoms with Crippen molar-refractivity contribution in [1.82, 2.24) is 10.6 Å². The lowest BCUT2D eigenvalue weighted by atomic mass is 9.79. The van der Waals surface area contributed by atoms with Gasteiger partial charge in [-0.05, 0) is 44.9 Å². The van der Waals surface area contributed by atoms with Crippen molar-refractivity contribution >= 4 is 17.6 Å². The summed E-state index contributed by atoms with van der Waals surface area (Å²) >= 11 is 0. The van der Waals surface area contributed by atoms with Crippen LogP contribution in [0.5, 0.6) is 11.5 Å². The maximum absolute atomic E-state index is 13.8. The van der Waals surface area contributed by atoms with Crippen molar-refractivity contribution in [3.8, 4) is 11.5 Å². The number of nitrogens with zero attached hydrogens (tertiary/aromatic N) is 1. The van der Waals surface area contributed by atoms with Gasteiger partial charge in [0.05, 0.1) is 35.2 Å². The summed E-state index contributed by atoms with van der Waals surface area (Å²) in [5, 5.41) is 28.6. The van der Waals surface area contributed by atoms with Gasteiger partial charge in [0.2, 0.25) is 0 Å². The van der Waals surface area contributed by atoms with Crippen molar-refractivity contribution in [2.75, 3.05) is 39.5 Å². The molecule has 1 atom stereocenters. The second-order valence-corrected chi connectivity index (χ2v) is 12.3. The number of nitro groups is 1. The standard InChI is InChI=1S/C38H53N3O9/c1-5-7-9-14-21-48-37(43)34-27(3)40-28(4)35(38(44)49-22-15-10-8-6-2)36(34)32-24-29(41(45)46)18-19-33(32)47-23-20-39-25-30(42)26-50-31-16-12-11-13-17-31/h11-13,16-19,24,30,36,39-40,42H,5-10,14-15,20-23,25-26H2,1-4H3. The van der Waals surface area contributed by atoms with Crippen molar-refractivity contribution in [2.45, 2.75) is 91.1 Å². The van der Waals surface area contributed by atoms with Gasteiger partial charge in [-0.15, -0.1) is 0 Å². The zero-order valence-corrected chi connectivity index (χ0v) is 29.8. The van der Waals surface area contributed by atoms with Gasteiger partial charge >= 0.3 is 11.9 Å². The van der Waals surface area contributed by atoms with Gasteiger partial charge in [0.25, 0.3) is 5.69 Å². The molecular weight excluding hydrogens is 642 g/mol. The summed E-state index contributed by atoms with van der Waals surface area (Å²) in [7, 11) is 0. The van der Waals surface area contributed by atoms with Crippen LogP contribution in [0.2, 0.25) is 0 Å². The third-order valence-electron chi connectivity index (χ3n) is 8.28. The van der Waals surface area contributed by atoms with Crippen molar-refractivity contribution in [2.24, 2.45) is 0 Å². The van der Waals surface area contributed by atoms with Gasteiger partial charge in [-0.3, -0.25) is 10.1 Å². The number of nitro benzene ring substituents is 1. The molecule has 0 aromatic heterocycles. The molecule has 0 bridgehead atoms. The second-order valence-electron chi connectivity index (χ2n) is 12.3. The third kappa shape index (κ3) is 12.5. The number of benzene rings is 2. The first kappa shape index (κ1) is 40.0. The smallest absolute Gasteiger partial charge is 0.336 e. The number of aliphatic hydroxyl groups excluding tert-OH is 1. The van der Waals surface area contributed by atoms with Crippen molar-refractivity contribution in [3.05, 3.63) is 86.7 Å². The second kappa shape index (κ2) is 21.6. The molecule has 0 saturated heterocycles. The SMILES string of the molecule is CCCCCCOC(=O)C1=C(C)NC(C)=C(C(=O)OCCCCCC)C1c1cc([N+](=O)[O-])ccc1OCCNCC(O)COc1ccccc1. The zero-order valence-electron chi connectivity index (χ0n) is 29.8. The first-order valence-electron chi connectivity index (χ1n) is 17.7. The van der Waals surface area contributed by atoms with Gasteiger partial charge in [0, 0.05) is 42.2 Å². The van der Waals surface area contributed by atoms with Crippen molar-refractivity contribution in [3.63, 3.8) is 0 Å². The number of carbonyl (C=O) groups is 2. The molecule has 1 heterocycles. The normalized spacial score (nSPS) is 13.9. The van der Waals surface area contributed by atoms with Crippen LogP contribution < -0.4 is 20.1 Å². The van der Waals surface area contributed by atoms with E-state index in [4.69, 9.17) is 18.9 Å². The van der Waals surface area contributed by atoms with Crippen LogP contribution in [0.4, 0.5) is 5.69 Å². The molecule has 0 aliphatic carbocycles. The molecule has 0 radical (unpaired) electrons. The number of non-ortho nitro benzene ring substituents is 1. The molecule has 274 valence electrons. The van der Waals surface area contributed by atoms with Crippen LogP contribution in [0, 0.1) is 10.1 Å². The Balaban J connectivity index is 1.85. The van der Waals surface area contributed by atoms with E-state index >= 15 is 0 Å². The highest BCUT2D eigenvalue weighted by Gasteiger charge is 2.40. The quantitative estimate of drug-likeness (QED) is 0.0505. The van der Waals surface area contributed by atoms with Crippen LogP contribution in [0.15, 0.2) is 71.1 Å². The Bertz CT molecular complexity index is 1410. The number of unbranched alkanes of at least 4 members (excludes halogenated alkanes) is 6. The number of hydrogen-bond acceptors (Lipinski definition) is 11. The summed E-state index contributed by atoms with van der Waals surface area (Å²) in [6.07, 6.45) is 6.53. The summed E-state index contributed by atoms with van der Waals surface area (Å²) in [5.41, 5.74) is 1.31. The average molecular weight is 696 g/mol. The predicted octanol–water partition coefficient (Wildman–Crippen LogP) is 6.48. The fraction of sp³-hybridized carbons (Fsp3) is 0.526. The molecule has 0 amide bonds. The van der Waals surface area contributed by atoms with Crippen LogP contribution in [-0.2, 0) is 19.1 Å². The summed E-state index contributed by atoms with van der Waals surface area (Å²) in [5.74, 6) is -1.38. The number of nitrogens with one attached hydrogen (secondary N) is 2. The highest BCUT2D eigenvalue weighted by atomic mass is 16.6. The molecular formula is C38H53N3O9. The summed E-state index contributed by atoms with van der Waals surface area (Å²) in [6, 6.07) is 13.3. The topological polar surface area (TPSA) is 158 Å². The molecule has 0 spiro atoms. The number of hydrogen-bond donors (Lipinski definition) is 3. The Hall–Kier alpha value is -4.42. The summed E-state index contributed by atoms with van der Waals surface area (Å²) in [6.45, 7) is 8.82. The summed E-state index contributed by atoms with van der Waals surface area (Å²) < 4.78 is 23.2. The van der Waals surface area contributed by atoms with Crippen LogP contribution in [0.1, 0.15) is 90.5 Å². The Morgan fingerprint density at radius 1 is 0.860 bits per heavy atom. The molecule has 0 saturated carbocycles. The summed E-state index contributed by atoms with van der Waals surface area (Å²) in [4.78, 5) is 39.0. The molecule has 0 fully saturated rings. The number of ether oxygens (including phenoxy) is 4. The molecule has 12 nitrogen and oxygen atoms in total. The van der Waals surface area contributed by atoms with E-state index in [1.807, 2.05) is 30.3 Å². The zero-order chi connectivity index (χ0) is 36.3.